The Kier molecular flexibility index (Phi) is 4.53. The Bertz CT molecular complexity index is 560. The van der Waals surface area contributed by atoms with Gasteiger partial charge < -0.3 is 14.5 Å². The van der Waals surface area contributed by atoms with E-state index in [0.29, 0.717) is 19.6 Å². The third kappa shape index (κ3) is 3.84. The fourth-order valence-corrected chi connectivity index (χ4v) is 2.37. The first-order valence-corrected chi connectivity index (χ1v) is 7.24. The van der Waals surface area contributed by atoms with Gasteiger partial charge in [0.1, 0.15) is 5.60 Å². The lowest BCUT2D eigenvalue weighted by Crippen LogP contribution is -2.55. The molecule has 1 aromatic rings. The maximum absolute atomic E-state index is 13.8. The molecule has 0 spiro atoms. The van der Waals surface area contributed by atoms with E-state index in [1.165, 1.54) is 0 Å². The Labute approximate surface area is 128 Å². The first-order chi connectivity index (χ1) is 10.2. The van der Waals surface area contributed by atoms with Crippen LogP contribution in [0.15, 0.2) is 12.1 Å². The van der Waals surface area contributed by atoms with Gasteiger partial charge >= 0.3 is 6.09 Å². The number of amides is 1. The lowest BCUT2D eigenvalue weighted by atomic mass is 10.2. The summed E-state index contributed by atoms with van der Waals surface area (Å²) in [7, 11) is 0. The highest BCUT2D eigenvalue weighted by Crippen LogP contribution is 2.22. The molecule has 2 rings (SSSR count). The van der Waals surface area contributed by atoms with E-state index >= 15 is 0 Å². The van der Waals surface area contributed by atoms with Crippen molar-refractivity contribution in [2.75, 3.05) is 24.5 Å². The van der Waals surface area contributed by atoms with Crippen LogP contribution in [-0.2, 0) is 4.74 Å². The number of aromatic nitrogens is 1. The molecule has 2 heterocycles. The van der Waals surface area contributed by atoms with Gasteiger partial charge in [0, 0.05) is 25.7 Å². The van der Waals surface area contributed by atoms with Crippen LogP contribution in [0.25, 0.3) is 0 Å². The van der Waals surface area contributed by atoms with Gasteiger partial charge in [-0.3, -0.25) is 0 Å². The van der Waals surface area contributed by atoms with Crippen molar-refractivity contribution in [3.05, 3.63) is 23.9 Å². The van der Waals surface area contributed by atoms with Crippen molar-refractivity contribution in [1.82, 2.24) is 9.88 Å². The van der Waals surface area contributed by atoms with Gasteiger partial charge in [0.05, 0.1) is 0 Å². The van der Waals surface area contributed by atoms with Gasteiger partial charge in [0.25, 0.3) is 0 Å². The summed E-state index contributed by atoms with van der Waals surface area (Å²) in [5, 5.41) is 0. The molecule has 0 aromatic carbocycles. The van der Waals surface area contributed by atoms with Crippen molar-refractivity contribution in [2.45, 2.75) is 39.3 Å². The highest BCUT2D eigenvalue weighted by Gasteiger charge is 2.32. The lowest BCUT2D eigenvalue weighted by molar-refractivity contribution is 0.0158. The molecule has 1 aromatic heterocycles. The quantitative estimate of drug-likeness (QED) is 0.748. The van der Waals surface area contributed by atoms with E-state index in [1.54, 1.807) is 30.6 Å². The number of halogens is 2. The number of carbonyl (C=O) groups excluding carboxylic acids is 1. The van der Waals surface area contributed by atoms with E-state index in [1.807, 2.05) is 6.92 Å². The van der Waals surface area contributed by atoms with Crippen molar-refractivity contribution in [3.63, 3.8) is 0 Å². The minimum absolute atomic E-state index is 0.0179. The van der Waals surface area contributed by atoms with Crippen LogP contribution >= 0.6 is 0 Å². The summed E-state index contributed by atoms with van der Waals surface area (Å²) in [4.78, 5) is 19.0. The van der Waals surface area contributed by atoms with Gasteiger partial charge in [0.15, 0.2) is 11.6 Å². The number of pyridine rings is 1. The molecule has 1 saturated heterocycles. The highest BCUT2D eigenvalue weighted by molar-refractivity contribution is 5.69. The second-order valence-electron chi connectivity index (χ2n) is 6.41. The van der Waals surface area contributed by atoms with Gasteiger partial charge in [0.2, 0.25) is 5.95 Å². The van der Waals surface area contributed by atoms with Crippen LogP contribution in [0, 0.1) is 11.8 Å². The van der Waals surface area contributed by atoms with E-state index < -0.39 is 23.5 Å². The number of piperazine rings is 1. The molecule has 1 atom stereocenters. The van der Waals surface area contributed by atoms with Crippen molar-refractivity contribution in [1.29, 1.82) is 0 Å². The smallest absolute Gasteiger partial charge is 0.410 e. The zero-order valence-electron chi connectivity index (χ0n) is 13.3. The monoisotopic (exact) mass is 313 g/mol. The molecule has 1 amide bonds. The lowest BCUT2D eigenvalue weighted by Gasteiger charge is -2.40. The average molecular weight is 313 g/mol. The summed E-state index contributed by atoms with van der Waals surface area (Å²) in [6.45, 7) is 8.36. The number of hydrogen-bond donors (Lipinski definition) is 0. The van der Waals surface area contributed by atoms with Gasteiger partial charge in [-0.05, 0) is 39.8 Å². The molecule has 5 nitrogen and oxygen atoms in total. The molecule has 1 fully saturated rings. The van der Waals surface area contributed by atoms with Crippen LogP contribution in [0.2, 0.25) is 0 Å². The second kappa shape index (κ2) is 6.06. The molecule has 7 heteroatoms. The van der Waals surface area contributed by atoms with Gasteiger partial charge in [-0.25, -0.2) is 9.18 Å². The maximum atomic E-state index is 13.8. The minimum Gasteiger partial charge on any atom is -0.444 e. The predicted octanol–water partition coefficient (Wildman–Crippen LogP) is 2.81. The predicted molar refractivity (Wildman–Crippen MR) is 78.8 cm³/mol. The van der Waals surface area contributed by atoms with Crippen molar-refractivity contribution >= 4 is 11.9 Å². The third-order valence-electron chi connectivity index (χ3n) is 3.35. The Morgan fingerprint density at radius 3 is 2.59 bits per heavy atom. The third-order valence-corrected chi connectivity index (χ3v) is 3.35. The van der Waals surface area contributed by atoms with Gasteiger partial charge in [-0.1, -0.05) is 0 Å². The van der Waals surface area contributed by atoms with Crippen LogP contribution < -0.4 is 4.90 Å². The Morgan fingerprint density at radius 2 is 2.00 bits per heavy atom. The summed E-state index contributed by atoms with van der Waals surface area (Å²) in [5.41, 5.74) is -0.565. The van der Waals surface area contributed by atoms with Crippen molar-refractivity contribution in [2.24, 2.45) is 0 Å². The van der Waals surface area contributed by atoms with Crippen LogP contribution in [0.4, 0.5) is 19.4 Å². The molecule has 0 aliphatic carbocycles. The first-order valence-electron chi connectivity index (χ1n) is 7.24. The Balaban J connectivity index is 2.06. The molecular formula is C15H21F2N3O2. The van der Waals surface area contributed by atoms with Crippen LogP contribution in [0.1, 0.15) is 27.7 Å². The number of anilines is 1. The molecule has 0 radical (unpaired) electrons. The van der Waals surface area contributed by atoms with Gasteiger partial charge in [-0.2, -0.15) is 9.37 Å². The van der Waals surface area contributed by atoms with Crippen molar-refractivity contribution < 1.29 is 18.3 Å². The average Bonchev–Trinajstić information content (AvgIpc) is 2.39. The van der Waals surface area contributed by atoms with E-state index in [4.69, 9.17) is 4.74 Å². The standard InChI is InChI=1S/C15H21F2N3O2/c1-10-9-19(13-11(16)5-6-12(17)18-13)7-8-20(10)14(21)22-15(2,3)4/h5-6,10H,7-9H2,1-4H3. The maximum Gasteiger partial charge on any atom is 0.410 e. The van der Waals surface area contributed by atoms with E-state index in [9.17, 15) is 13.6 Å². The van der Waals surface area contributed by atoms with E-state index in [2.05, 4.69) is 4.98 Å². The first kappa shape index (κ1) is 16.5. The molecular weight excluding hydrogens is 292 g/mol. The fraction of sp³-hybridized carbons (Fsp3) is 0.600. The zero-order chi connectivity index (χ0) is 16.5. The number of nitrogens with zero attached hydrogens (tertiary/aromatic N) is 3. The Morgan fingerprint density at radius 1 is 1.32 bits per heavy atom. The van der Waals surface area contributed by atoms with Gasteiger partial charge in [-0.15, -0.1) is 0 Å². The normalized spacial score (nSPS) is 19.3. The van der Waals surface area contributed by atoms with E-state index in [0.717, 1.165) is 12.1 Å². The fourth-order valence-electron chi connectivity index (χ4n) is 2.37. The second-order valence-corrected chi connectivity index (χ2v) is 6.41. The molecule has 22 heavy (non-hydrogen) atoms. The zero-order valence-corrected chi connectivity index (χ0v) is 13.3. The van der Waals surface area contributed by atoms with Crippen LogP contribution in [0.5, 0.6) is 0 Å². The number of ether oxygens (including phenoxy) is 1. The van der Waals surface area contributed by atoms with Crippen LogP contribution in [0.3, 0.4) is 0 Å². The summed E-state index contributed by atoms with van der Waals surface area (Å²) in [6.07, 6.45) is -0.396. The molecule has 0 saturated carbocycles. The highest BCUT2D eigenvalue weighted by atomic mass is 19.1. The SMILES string of the molecule is CC1CN(c2nc(F)ccc2F)CCN1C(=O)OC(C)(C)C. The summed E-state index contributed by atoms with van der Waals surface area (Å²) < 4.78 is 32.3. The van der Waals surface area contributed by atoms with Crippen LogP contribution in [-0.4, -0.2) is 47.3 Å². The molecule has 0 bridgehead atoms. The largest absolute Gasteiger partial charge is 0.444 e. The molecule has 0 N–H and O–H groups in total. The molecule has 122 valence electrons. The molecule has 1 aliphatic heterocycles. The molecule has 1 aliphatic rings. The summed E-state index contributed by atoms with van der Waals surface area (Å²) >= 11 is 0. The minimum atomic E-state index is -0.723. The number of hydrogen-bond acceptors (Lipinski definition) is 4. The molecule has 1 unspecified atom stereocenters. The van der Waals surface area contributed by atoms with E-state index in [-0.39, 0.29) is 11.9 Å². The number of carbonyl (C=O) groups is 1. The Hall–Kier alpha value is -1.92. The topological polar surface area (TPSA) is 45.7 Å². The summed E-state index contributed by atoms with van der Waals surface area (Å²) in [5.74, 6) is -1.31. The van der Waals surface area contributed by atoms with Crippen molar-refractivity contribution in [3.8, 4) is 0 Å². The number of rotatable bonds is 1. The summed E-state index contributed by atoms with van der Waals surface area (Å²) in [6, 6.07) is 1.86.